The van der Waals surface area contributed by atoms with Crippen molar-refractivity contribution >= 4 is 5.91 Å². The Balaban J connectivity index is 1.57. The molecule has 1 aromatic heterocycles. The molecule has 1 aliphatic heterocycles. The highest BCUT2D eigenvalue weighted by molar-refractivity contribution is 5.78. The first-order chi connectivity index (χ1) is 11.3. The summed E-state index contributed by atoms with van der Waals surface area (Å²) in [5, 5.41) is 3.23. The van der Waals surface area contributed by atoms with Crippen LogP contribution >= 0.6 is 0 Å². The third kappa shape index (κ3) is 3.81. The SMILES string of the molecule is COCC(NCC(=O)N1CCc2ccccc2C1)c1ccco1. The zero-order valence-corrected chi connectivity index (χ0v) is 13.3. The van der Waals surface area contributed by atoms with E-state index in [1.807, 2.05) is 23.1 Å². The smallest absolute Gasteiger partial charge is 0.236 e. The Kier molecular flexibility index (Phi) is 5.10. The lowest BCUT2D eigenvalue weighted by atomic mass is 10.00. The Morgan fingerprint density at radius 3 is 2.87 bits per heavy atom. The lowest BCUT2D eigenvalue weighted by Crippen LogP contribution is -2.42. The number of nitrogens with one attached hydrogen (secondary N) is 1. The fourth-order valence-corrected chi connectivity index (χ4v) is 2.93. The van der Waals surface area contributed by atoms with Crippen LogP contribution in [0, 0.1) is 0 Å². The monoisotopic (exact) mass is 314 g/mol. The van der Waals surface area contributed by atoms with Crippen molar-refractivity contribution in [1.82, 2.24) is 10.2 Å². The Morgan fingerprint density at radius 2 is 2.13 bits per heavy atom. The molecule has 5 nitrogen and oxygen atoms in total. The molecule has 0 aliphatic carbocycles. The van der Waals surface area contributed by atoms with Crippen LogP contribution in [0.2, 0.25) is 0 Å². The van der Waals surface area contributed by atoms with Crippen molar-refractivity contribution in [3.63, 3.8) is 0 Å². The van der Waals surface area contributed by atoms with Gasteiger partial charge < -0.3 is 14.1 Å². The van der Waals surface area contributed by atoms with Crippen LogP contribution in [0.1, 0.15) is 22.9 Å². The van der Waals surface area contributed by atoms with Gasteiger partial charge in [0.25, 0.3) is 0 Å². The van der Waals surface area contributed by atoms with E-state index < -0.39 is 0 Å². The minimum atomic E-state index is -0.115. The topological polar surface area (TPSA) is 54.7 Å². The van der Waals surface area contributed by atoms with Gasteiger partial charge in [-0.15, -0.1) is 0 Å². The van der Waals surface area contributed by atoms with Gasteiger partial charge in [0.15, 0.2) is 0 Å². The van der Waals surface area contributed by atoms with Crippen LogP contribution in [0.4, 0.5) is 0 Å². The molecule has 0 fully saturated rings. The molecule has 0 radical (unpaired) electrons. The van der Waals surface area contributed by atoms with Crippen molar-refractivity contribution in [2.75, 3.05) is 26.8 Å². The molecule has 0 saturated heterocycles. The van der Waals surface area contributed by atoms with Gasteiger partial charge in [-0.3, -0.25) is 10.1 Å². The van der Waals surface area contributed by atoms with Crippen LogP contribution in [0.15, 0.2) is 47.1 Å². The number of furan rings is 1. The normalized spacial score (nSPS) is 15.3. The van der Waals surface area contributed by atoms with Crippen LogP contribution < -0.4 is 5.32 Å². The molecule has 1 unspecified atom stereocenters. The molecule has 1 N–H and O–H groups in total. The molecular formula is C18H22N2O3. The molecule has 0 spiro atoms. The van der Waals surface area contributed by atoms with E-state index in [4.69, 9.17) is 9.15 Å². The van der Waals surface area contributed by atoms with Gasteiger partial charge >= 0.3 is 0 Å². The number of amides is 1. The van der Waals surface area contributed by atoms with Crippen molar-refractivity contribution in [3.8, 4) is 0 Å². The molecule has 122 valence electrons. The fraction of sp³-hybridized carbons (Fsp3) is 0.389. The van der Waals surface area contributed by atoms with Crippen molar-refractivity contribution in [2.24, 2.45) is 0 Å². The number of ether oxygens (including phenoxy) is 1. The van der Waals surface area contributed by atoms with Gasteiger partial charge in [0, 0.05) is 20.2 Å². The predicted molar refractivity (Wildman–Crippen MR) is 86.9 cm³/mol. The van der Waals surface area contributed by atoms with Crippen molar-refractivity contribution < 1.29 is 13.9 Å². The van der Waals surface area contributed by atoms with Crippen molar-refractivity contribution in [2.45, 2.75) is 19.0 Å². The largest absolute Gasteiger partial charge is 0.468 e. The summed E-state index contributed by atoms with van der Waals surface area (Å²) in [7, 11) is 1.64. The molecule has 1 aliphatic rings. The molecule has 1 amide bonds. The van der Waals surface area contributed by atoms with Gasteiger partial charge in [-0.25, -0.2) is 0 Å². The zero-order chi connectivity index (χ0) is 16.1. The number of fused-ring (bicyclic) bond motifs is 1. The standard InChI is InChI=1S/C18H22N2O3/c1-22-13-16(17-7-4-10-23-17)19-11-18(21)20-9-8-14-5-2-3-6-15(14)12-20/h2-7,10,16,19H,8-9,11-13H2,1H3. The summed E-state index contributed by atoms with van der Waals surface area (Å²) in [6.07, 6.45) is 2.55. The molecule has 23 heavy (non-hydrogen) atoms. The Bertz CT molecular complexity index is 639. The maximum Gasteiger partial charge on any atom is 0.236 e. The molecule has 1 atom stereocenters. The lowest BCUT2D eigenvalue weighted by Gasteiger charge is -2.29. The summed E-state index contributed by atoms with van der Waals surface area (Å²) in [6, 6.07) is 11.9. The second-order valence-electron chi connectivity index (χ2n) is 5.74. The van der Waals surface area contributed by atoms with E-state index in [0.717, 1.165) is 18.7 Å². The van der Waals surface area contributed by atoms with Gasteiger partial charge in [0.2, 0.25) is 5.91 Å². The predicted octanol–water partition coefficient (Wildman–Crippen LogP) is 2.14. The highest BCUT2D eigenvalue weighted by Gasteiger charge is 2.22. The Morgan fingerprint density at radius 1 is 1.30 bits per heavy atom. The number of hydrogen-bond acceptors (Lipinski definition) is 4. The van der Waals surface area contributed by atoms with Gasteiger partial charge in [-0.05, 0) is 29.7 Å². The van der Waals surface area contributed by atoms with Gasteiger partial charge in [0.1, 0.15) is 5.76 Å². The molecule has 3 rings (SSSR count). The van der Waals surface area contributed by atoms with Crippen molar-refractivity contribution in [3.05, 3.63) is 59.5 Å². The van der Waals surface area contributed by atoms with E-state index in [9.17, 15) is 4.79 Å². The summed E-state index contributed by atoms with van der Waals surface area (Å²) in [5.74, 6) is 0.885. The second-order valence-corrected chi connectivity index (χ2v) is 5.74. The number of nitrogens with zero attached hydrogens (tertiary/aromatic N) is 1. The number of hydrogen-bond donors (Lipinski definition) is 1. The molecule has 5 heteroatoms. The van der Waals surface area contributed by atoms with E-state index in [-0.39, 0.29) is 18.5 Å². The zero-order valence-electron chi connectivity index (χ0n) is 13.3. The molecule has 0 saturated carbocycles. The maximum atomic E-state index is 12.5. The molecule has 2 aromatic rings. The third-order valence-corrected chi connectivity index (χ3v) is 4.20. The highest BCUT2D eigenvalue weighted by Crippen LogP contribution is 2.19. The quantitative estimate of drug-likeness (QED) is 0.887. The first-order valence-electron chi connectivity index (χ1n) is 7.88. The number of benzene rings is 1. The first-order valence-corrected chi connectivity index (χ1v) is 7.88. The average molecular weight is 314 g/mol. The van der Waals surface area contributed by atoms with Gasteiger partial charge in [0.05, 0.1) is 25.5 Å². The number of methoxy groups -OCH3 is 1. The number of carbonyl (C=O) groups is 1. The van der Waals surface area contributed by atoms with Crippen molar-refractivity contribution in [1.29, 1.82) is 0 Å². The molecule has 2 heterocycles. The van der Waals surface area contributed by atoms with Crippen LogP contribution in [0.5, 0.6) is 0 Å². The van der Waals surface area contributed by atoms with E-state index in [1.54, 1.807) is 13.4 Å². The first kappa shape index (κ1) is 15.8. The van der Waals surface area contributed by atoms with Crippen LogP contribution in [-0.4, -0.2) is 37.6 Å². The molecule has 0 bridgehead atoms. The summed E-state index contributed by atoms with van der Waals surface area (Å²) < 4.78 is 10.6. The van der Waals surface area contributed by atoms with Gasteiger partial charge in [-0.1, -0.05) is 24.3 Å². The molecule has 1 aromatic carbocycles. The lowest BCUT2D eigenvalue weighted by molar-refractivity contribution is -0.131. The van der Waals surface area contributed by atoms with Crippen LogP contribution in [-0.2, 0) is 22.5 Å². The van der Waals surface area contributed by atoms with Gasteiger partial charge in [-0.2, -0.15) is 0 Å². The highest BCUT2D eigenvalue weighted by atomic mass is 16.5. The number of rotatable bonds is 6. The summed E-state index contributed by atoms with van der Waals surface area (Å²) >= 11 is 0. The minimum Gasteiger partial charge on any atom is -0.468 e. The van der Waals surface area contributed by atoms with E-state index in [2.05, 4.69) is 23.5 Å². The summed E-state index contributed by atoms with van der Waals surface area (Å²) in [4.78, 5) is 14.4. The van der Waals surface area contributed by atoms with E-state index in [1.165, 1.54) is 11.1 Å². The Labute approximate surface area is 136 Å². The van der Waals surface area contributed by atoms with E-state index in [0.29, 0.717) is 13.2 Å². The Hall–Kier alpha value is -2.11. The van der Waals surface area contributed by atoms with Crippen LogP contribution in [0.3, 0.4) is 0 Å². The second kappa shape index (κ2) is 7.44. The molecular weight excluding hydrogens is 292 g/mol. The summed E-state index contributed by atoms with van der Waals surface area (Å²) in [5.41, 5.74) is 2.59. The van der Waals surface area contributed by atoms with E-state index >= 15 is 0 Å². The fourth-order valence-electron chi connectivity index (χ4n) is 2.93. The van der Waals surface area contributed by atoms with Crippen LogP contribution in [0.25, 0.3) is 0 Å². The number of carbonyl (C=O) groups excluding carboxylic acids is 1. The maximum absolute atomic E-state index is 12.5. The average Bonchev–Trinajstić information content (AvgIpc) is 3.12. The minimum absolute atomic E-state index is 0.104. The summed E-state index contributed by atoms with van der Waals surface area (Å²) in [6.45, 7) is 2.19. The third-order valence-electron chi connectivity index (χ3n) is 4.20.